The monoisotopic (exact) mass is 303 g/mol. The summed E-state index contributed by atoms with van der Waals surface area (Å²) in [5.74, 6) is 0.0619. The second-order valence-electron chi connectivity index (χ2n) is 6.39. The number of fused-ring (bicyclic) bond motifs is 1. The van der Waals surface area contributed by atoms with Crippen LogP contribution in [-0.4, -0.2) is 40.8 Å². The normalized spacial score (nSPS) is 31.7. The van der Waals surface area contributed by atoms with Crippen LogP contribution in [0.15, 0.2) is 30.3 Å². The Kier molecular flexibility index (Phi) is 4.79. The van der Waals surface area contributed by atoms with Gasteiger partial charge in [0.15, 0.2) is 0 Å². The molecule has 1 saturated carbocycles. The van der Waals surface area contributed by atoms with E-state index in [0.29, 0.717) is 12.6 Å². The lowest BCUT2D eigenvalue weighted by Crippen LogP contribution is -2.44. The first kappa shape index (κ1) is 15.5. The maximum atomic E-state index is 12.4. The molecular weight excluding hydrogens is 278 g/mol. The molecule has 22 heavy (non-hydrogen) atoms. The lowest BCUT2D eigenvalue weighted by molar-refractivity contribution is -0.149. The van der Waals surface area contributed by atoms with E-state index < -0.39 is 0 Å². The average molecular weight is 303 g/mol. The van der Waals surface area contributed by atoms with Crippen LogP contribution in [0.25, 0.3) is 0 Å². The Morgan fingerprint density at radius 3 is 2.82 bits per heavy atom. The summed E-state index contributed by atoms with van der Waals surface area (Å²) < 4.78 is 5.27. The fourth-order valence-corrected chi connectivity index (χ4v) is 4.06. The summed E-state index contributed by atoms with van der Waals surface area (Å²) >= 11 is 0. The molecule has 2 aliphatic rings. The number of hydrogen-bond acceptors (Lipinski definition) is 4. The quantitative estimate of drug-likeness (QED) is 0.868. The molecule has 1 aromatic rings. The van der Waals surface area contributed by atoms with Crippen molar-refractivity contribution in [1.29, 1.82) is 0 Å². The van der Waals surface area contributed by atoms with E-state index >= 15 is 0 Å². The van der Waals surface area contributed by atoms with Gasteiger partial charge in [-0.1, -0.05) is 30.3 Å². The Balaban J connectivity index is 1.82. The highest BCUT2D eigenvalue weighted by Gasteiger charge is 2.48. The smallest absolute Gasteiger partial charge is 0.323 e. The fourth-order valence-electron chi connectivity index (χ4n) is 4.06. The Hall–Kier alpha value is -1.39. The lowest BCUT2D eigenvalue weighted by atomic mass is 9.82. The van der Waals surface area contributed by atoms with Crippen LogP contribution in [0, 0.1) is 5.92 Å². The third kappa shape index (κ3) is 3.03. The van der Waals surface area contributed by atoms with Crippen molar-refractivity contribution >= 4 is 5.97 Å². The van der Waals surface area contributed by atoms with E-state index in [4.69, 9.17) is 4.74 Å². The predicted molar refractivity (Wildman–Crippen MR) is 84.2 cm³/mol. The highest BCUT2D eigenvalue weighted by atomic mass is 16.5. The van der Waals surface area contributed by atoms with Crippen molar-refractivity contribution in [3.8, 4) is 0 Å². The van der Waals surface area contributed by atoms with Crippen molar-refractivity contribution < 1.29 is 14.6 Å². The number of likely N-dealkylation sites (tertiary alicyclic amines) is 1. The van der Waals surface area contributed by atoms with E-state index in [2.05, 4.69) is 17.0 Å². The van der Waals surface area contributed by atoms with Crippen molar-refractivity contribution in [2.75, 3.05) is 6.61 Å². The molecule has 4 heteroatoms. The molecule has 0 unspecified atom stereocenters. The molecule has 120 valence electrons. The van der Waals surface area contributed by atoms with E-state index in [1.807, 2.05) is 25.1 Å². The summed E-state index contributed by atoms with van der Waals surface area (Å²) in [7, 11) is 0. The van der Waals surface area contributed by atoms with Crippen molar-refractivity contribution in [3.63, 3.8) is 0 Å². The number of nitrogens with zero attached hydrogens (tertiary/aromatic N) is 1. The van der Waals surface area contributed by atoms with Gasteiger partial charge in [-0.05, 0) is 38.2 Å². The minimum Gasteiger partial charge on any atom is -0.465 e. The number of aliphatic hydroxyl groups is 1. The molecule has 1 aliphatic carbocycles. The fraction of sp³-hybridized carbons (Fsp3) is 0.611. The number of esters is 1. The average Bonchev–Trinajstić information content (AvgIpc) is 2.89. The van der Waals surface area contributed by atoms with E-state index in [1.54, 1.807) is 0 Å². The predicted octanol–water partition coefficient (Wildman–Crippen LogP) is 2.35. The number of ether oxygens (including phenoxy) is 1. The summed E-state index contributed by atoms with van der Waals surface area (Å²) in [5.41, 5.74) is 1.21. The zero-order valence-corrected chi connectivity index (χ0v) is 13.1. The van der Waals surface area contributed by atoms with Gasteiger partial charge in [0.05, 0.1) is 12.7 Å². The Labute approximate surface area is 132 Å². The molecule has 1 saturated heterocycles. The van der Waals surface area contributed by atoms with Crippen LogP contribution < -0.4 is 0 Å². The van der Waals surface area contributed by atoms with E-state index in [9.17, 15) is 9.90 Å². The van der Waals surface area contributed by atoms with Crippen molar-refractivity contribution in [2.24, 2.45) is 5.92 Å². The number of aliphatic hydroxyl groups excluding tert-OH is 1. The SMILES string of the molecule is CCOC(=O)[C@@H]1C[C@@H]2[C@@H](CCC[C@@H]2O)N1Cc1ccccc1. The first-order valence-electron chi connectivity index (χ1n) is 8.35. The van der Waals surface area contributed by atoms with E-state index in [0.717, 1.165) is 32.2 Å². The molecule has 0 spiro atoms. The van der Waals surface area contributed by atoms with Gasteiger partial charge in [-0.3, -0.25) is 9.69 Å². The zero-order valence-electron chi connectivity index (χ0n) is 13.1. The summed E-state index contributed by atoms with van der Waals surface area (Å²) in [4.78, 5) is 14.6. The third-order valence-corrected chi connectivity index (χ3v) is 5.08. The largest absolute Gasteiger partial charge is 0.465 e. The van der Waals surface area contributed by atoms with E-state index in [1.165, 1.54) is 5.56 Å². The molecule has 4 nitrogen and oxygen atoms in total. The topological polar surface area (TPSA) is 49.8 Å². The number of hydrogen-bond donors (Lipinski definition) is 1. The molecular formula is C18H25NO3. The van der Waals surface area contributed by atoms with Crippen LogP contribution >= 0.6 is 0 Å². The Bertz CT molecular complexity index is 504. The minimum absolute atomic E-state index is 0.139. The second kappa shape index (κ2) is 6.80. The van der Waals surface area contributed by atoms with Gasteiger partial charge in [-0.2, -0.15) is 0 Å². The van der Waals surface area contributed by atoms with Crippen LogP contribution in [-0.2, 0) is 16.1 Å². The summed E-state index contributed by atoms with van der Waals surface area (Å²) in [6.45, 7) is 3.00. The summed E-state index contributed by atoms with van der Waals surface area (Å²) in [5, 5.41) is 10.3. The molecule has 1 aliphatic heterocycles. The van der Waals surface area contributed by atoms with Gasteiger partial charge < -0.3 is 9.84 Å². The first-order chi connectivity index (χ1) is 10.7. The van der Waals surface area contributed by atoms with Crippen molar-refractivity contribution in [2.45, 2.75) is 57.3 Å². The molecule has 3 rings (SSSR count). The van der Waals surface area contributed by atoms with Crippen LogP contribution in [0.4, 0.5) is 0 Å². The van der Waals surface area contributed by atoms with Crippen LogP contribution in [0.1, 0.15) is 38.2 Å². The molecule has 0 amide bonds. The standard InChI is InChI=1S/C18H25NO3/c1-2-22-18(21)16-11-14-15(9-6-10-17(14)20)19(16)12-13-7-4-3-5-8-13/h3-5,7-8,14-17,20H,2,6,9-12H2,1H3/t14-,15-,16+,17+/m1/s1. The molecule has 0 bridgehead atoms. The van der Waals surface area contributed by atoms with Crippen molar-refractivity contribution in [1.82, 2.24) is 4.90 Å². The third-order valence-electron chi connectivity index (χ3n) is 5.08. The van der Waals surface area contributed by atoms with Gasteiger partial charge in [-0.25, -0.2) is 0 Å². The number of carbonyl (C=O) groups is 1. The molecule has 0 radical (unpaired) electrons. The molecule has 2 fully saturated rings. The van der Waals surface area contributed by atoms with Gasteiger partial charge in [0.2, 0.25) is 0 Å². The molecule has 0 aromatic heterocycles. The maximum absolute atomic E-state index is 12.4. The highest BCUT2D eigenvalue weighted by Crippen LogP contribution is 2.41. The van der Waals surface area contributed by atoms with Gasteiger partial charge in [0.25, 0.3) is 0 Å². The minimum atomic E-state index is -0.281. The van der Waals surface area contributed by atoms with Crippen LogP contribution in [0.2, 0.25) is 0 Å². The Morgan fingerprint density at radius 2 is 2.09 bits per heavy atom. The molecule has 1 aromatic carbocycles. The lowest BCUT2D eigenvalue weighted by Gasteiger charge is -2.35. The molecule has 1 heterocycles. The maximum Gasteiger partial charge on any atom is 0.323 e. The van der Waals surface area contributed by atoms with Gasteiger partial charge in [0, 0.05) is 18.5 Å². The summed E-state index contributed by atoms with van der Waals surface area (Å²) in [6, 6.07) is 10.3. The Morgan fingerprint density at radius 1 is 1.32 bits per heavy atom. The number of benzene rings is 1. The second-order valence-corrected chi connectivity index (χ2v) is 6.39. The van der Waals surface area contributed by atoms with E-state index in [-0.39, 0.29) is 24.0 Å². The molecule has 1 N–H and O–H groups in total. The highest BCUT2D eigenvalue weighted by molar-refractivity contribution is 5.76. The molecule has 4 atom stereocenters. The van der Waals surface area contributed by atoms with Crippen molar-refractivity contribution in [3.05, 3.63) is 35.9 Å². The van der Waals surface area contributed by atoms with Crippen LogP contribution in [0.5, 0.6) is 0 Å². The van der Waals surface area contributed by atoms with Crippen LogP contribution in [0.3, 0.4) is 0 Å². The zero-order chi connectivity index (χ0) is 15.5. The summed E-state index contributed by atoms with van der Waals surface area (Å²) in [6.07, 6.45) is 3.39. The number of rotatable bonds is 4. The van der Waals surface area contributed by atoms with Gasteiger partial charge in [0.1, 0.15) is 6.04 Å². The van der Waals surface area contributed by atoms with Gasteiger partial charge >= 0.3 is 5.97 Å². The van der Waals surface area contributed by atoms with Gasteiger partial charge in [-0.15, -0.1) is 0 Å². The first-order valence-corrected chi connectivity index (χ1v) is 8.35. The number of carbonyl (C=O) groups excluding carboxylic acids is 1.